The Labute approximate surface area is 84.0 Å². The SMILES string of the molecule is CC(Cl)CN(C)C(=O)C1CCCO1. The number of ether oxygens (including phenoxy) is 1. The summed E-state index contributed by atoms with van der Waals surface area (Å²) in [5.41, 5.74) is 0. The number of amides is 1. The number of rotatable bonds is 3. The van der Waals surface area contributed by atoms with Gasteiger partial charge in [0.25, 0.3) is 5.91 Å². The first-order valence-corrected chi connectivity index (χ1v) is 5.05. The molecule has 1 aliphatic rings. The smallest absolute Gasteiger partial charge is 0.251 e. The quantitative estimate of drug-likeness (QED) is 0.650. The van der Waals surface area contributed by atoms with E-state index in [1.165, 1.54) is 0 Å². The average molecular weight is 206 g/mol. The number of carbonyl (C=O) groups excluding carboxylic acids is 1. The summed E-state index contributed by atoms with van der Waals surface area (Å²) in [5, 5.41) is -0.00430. The largest absolute Gasteiger partial charge is 0.368 e. The molecule has 2 atom stereocenters. The van der Waals surface area contributed by atoms with Crippen LogP contribution < -0.4 is 0 Å². The summed E-state index contributed by atoms with van der Waals surface area (Å²) in [4.78, 5) is 13.3. The van der Waals surface area contributed by atoms with E-state index in [-0.39, 0.29) is 17.4 Å². The van der Waals surface area contributed by atoms with Crippen molar-refractivity contribution in [3.8, 4) is 0 Å². The van der Waals surface area contributed by atoms with Crippen LogP contribution in [0.5, 0.6) is 0 Å². The molecular formula is C9H16ClNO2. The van der Waals surface area contributed by atoms with Crippen LogP contribution in [0.2, 0.25) is 0 Å². The minimum atomic E-state index is -0.222. The van der Waals surface area contributed by atoms with Gasteiger partial charge >= 0.3 is 0 Å². The number of likely N-dealkylation sites (N-methyl/N-ethyl adjacent to an activating group) is 1. The molecule has 1 heterocycles. The van der Waals surface area contributed by atoms with E-state index in [0.717, 1.165) is 12.8 Å². The molecule has 0 bridgehead atoms. The van der Waals surface area contributed by atoms with Gasteiger partial charge in [-0.05, 0) is 19.8 Å². The predicted octanol–water partition coefficient (Wildman–Crippen LogP) is 1.25. The van der Waals surface area contributed by atoms with Crippen molar-refractivity contribution in [1.29, 1.82) is 0 Å². The fourth-order valence-corrected chi connectivity index (χ4v) is 1.69. The minimum Gasteiger partial charge on any atom is -0.368 e. The zero-order valence-electron chi connectivity index (χ0n) is 8.12. The van der Waals surface area contributed by atoms with Crippen molar-refractivity contribution in [2.45, 2.75) is 31.2 Å². The maximum absolute atomic E-state index is 11.6. The van der Waals surface area contributed by atoms with E-state index in [2.05, 4.69) is 0 Å². The summed E-state index contributed by atoms with van der Waals surface area (Å²) in [5.74, 6) is 0.0602. The van der Waals surface area contributed by atoms with E-state index in [1.54, 1.807) is 11.9 Å². The highest BCUT2D eigenvalue weighted by Gasteiger charge is 2.26. The first-order valence-electron chi connectivity index (χ1n) is 4.62. The van der Waals surface area contributed by atoms with Gasteiger partial charge in [-0.15, -0.1) is 11.6 Å². The molecule has 0 aliphatic carbocycles. The molecule has 0 N–H and O–H groups in total. The molecule has 1 rings (SSSR count). The Bertz CT molecular complexity index is 178. The second kappa shape index (κ2) is 4.82. The summed E-state index contributed by atoms with van der Waals surface area (Å²) in [6.45, 7) is 3.17. The van der Waals surface area contributed by atoms with Gasteiger partial charge in [0, 0.05) is 25.6 Å². The summed E-state index contributed by atoms with van der Waals surface area (Å²) in [6, 6.07) is 0. The molecule has 0 spiro atoms. The zero-order chi connectivity index (χ0) is 9.84. The molecule has 0 aromatic rings. The van der Waals surface area contributed by atoms with Gasteiger partial charge in [-0.3, -0.25) is 4.79 Å². The Morgan fingerprint density at radius 3 is 2.92 bits per heavy atom. The Kier molecular flexibility index (Phi) is 4.00. The van der Waals surface area contributed by atoms with E-state index in [0.29, 0.717) is 13.2 Å². The van der Waals surface area contributed by atoms with Crippen molar-refractivity contribution in [2.24, 2.45) is 0 Å². The fraction of sp³-hybridized carbons (Fsp3) is 0.889. The van der Waals surface area contributed by atoms with E-state index in [1.807, 2.05) is 6.92 Å². The van der Waals surface area contributed by atoms with Crippen molar-refractivity contribution in [3.05, 3.63) is 0 Å². The van der Waals surface area contributed by atoms with Crippen LogP contribution >= 0.6 is 11.6 Å². The lowest BCUT2D eigenvalue weighted by molar-refractivity contribution is -0.139. The van der Waals surface area contributed by atoms with Crippen LogP contribution in [-0.2, 0) is 9.53 Å². The normalized spacial score (nSPS) is 24.4. The average Bonchev–Trinajstić information content (AvgIpc) is 2.53. The van der Waals surface area contributed by atoms with Crippen molar-refractivity contribution in [2.75, 3.05) is 20.2 Å². The standard InChI is InChI=1S/C9H16ClNO2/c1-7(10)6-11(2)9(12)8-4-3-5-13-8/h7-8H,3-6H2,1-2H3. The van der Waals surface area contributed by atoms with Crippen molar-refractivity contribution in [3.63, 3.8) is 0 Å². The number of alkyl halides is 1. The number of carbonyl (C=O) groups is 1. The molecule has 1 amide bonds. The zero-order valence-corrected chi connectivity index (χ0v) is 8.88. The monoisotopic (exact) mass is 205 g/mol. The number of nitrogens with zero attached hydrogens (tertiary/aromatic N) is 1. The van der Waals surface area contributed by atoms with Gasteiger partial charge in [-0.25, -0.2) is 0 Å². The number of halogens is 1. The van der Waals surface area contributed by atoms with Crippen LogP contribution in [0.25, 0.3) is 0 Å². The van der Waals surface area contributed by atoms with Gasteiger partial charge in [0.15, 0.2) is 0 Å². The van der Waals surface area contributed by atoms with Crippen LogP contribution in [0.1, 0.15) is 19.8 Å². The van der Waals surface area contributed by atoms with Crippen LogP contribution in [-0.4, -0.2) is 42.5 Å². The van der Waals surface area contributed by atoms with Crippen molar-refractivity contribution < 1.29 is 9.53 Å². The maximum atomic E-state index is 11.6. The van der Waals surface area contributed by atoms with Gasteiger partial charge in [-0.1, -0.05) is 0 Å². The van der Waals surface area contributed by atoms with E-state index in [4.69, 9.17) is 16.3 Å². The Morgan fingerprint density at radius 2 is 2.46 bits per heavy atom. The molecule has 0 aromatic carbocycles. The van der Waals surface area contributed by atoms with Gasteiger partial charge in [-0.2, -0.15) is 0 Å². The molecule has 0 radical (unpaired) electrons. The summed E-state index contributed by atoms with van der Waals surface area (Å²) >= 11 is 5.79. The molecule has 13 heavy (non-hydrogen) atoms. The molecule has 0 aromatic heterocycles. The van der Waals surface area contributed by atoms with Crippen LogP contribution in [0, 0.1) is 0 Å². The molecule has 3 nitrogen and oxygen atoms in total. The van der Waals surface area contributed by atoms with Gasteiger partial charge < -0.3 is 9.64 Å². The lowest BCUT2D eigenvalue weighted by Gasteiger charge is -2.21. The molecule has 1 aliphatic heterocycles. The molecular weight excluding hydrogens is 190 g/mol. The second-order valence-corrected chi connectivity index (χ2v) is 4.25. The van der Waals surface area contributed by atoms with Gasteiger partial charge in [0.05, 0.1) is 0 Å². The lowest BCUT2D eigenvalue weighted by atomic mass is 10.2. The molecule has 1 fully saturated rings. The third-order valence-corrected chi connectivity index (χ3v) is 2.24. The maximum Gasteiger partial charge on any atom is 0.251 e. The fourth-order valence-electron chi connectivity index (χ4n) is 1.49. The second-order valence-electron chi connectivity index (χ2n) is 3.50. The molecule has 2 unspecified atom stereocenters. The first-order chi connectivity index (χ1) is 6.11. The van der Waals surface area contributed by atoms with Crippen LogP contribution in [0.15, 0.2) is 0 Å². The van der Waals surface area contributed by atoms with Gasteiger partial charge in [0.1, 0.15) is 6.10 Å². The summed E-state index contributed by atoms with van der Waals surface area (Å²) in [6.07, 6.45) is 1.61. The van der Waals surface area contributed by atoms with Crippen LogP contribution in [0.3, 0.4) is 0 Å². The Balaban J connectivity index is 2.36. The number of hydrogen-bond donors (Lipinski definition) is 0. The Morgan fingerprint density at radius 1 is 1.77 bits per heavy atom. The first kappa shape index (κ1) is 10.8. The van der Waals surface area contributed by atoms with Crippen LogP contribution in [0.4, 0.5) is 0 Å². The van der Waals surface area contributed by atoms with E-state index >= 15 is 0 Å². The molecule has 76 valence electrons. The third-order valence-electron chi connectivity index (χ3n) is 2.11. The molecule has 0 saturated carbocycles. The summed E-state index contributed by atoms with van der Waals surface area (Å²) < 4.78 is 5.28. The van der Waals surface area contributed by atoms with Gasteiger partial charge in [0.2, 0.25) is 0 Å². The topological polar surface area (TPSA) is 29.5 Å². The predicted molar refractivity (Wildman–Crippen MR) is 51.9 cm³/mol. The highest BCUT2D eigenvalue weighted by molar-refractivity contribution is 6.20. The highest BCUT2D eigenvalue weighted by Crippen LogP contribution is 2.14. The Hall–Kier alpha value is -0.280. The van der Waals surface area contributed by atoms with E-state index in [9.17, 15) is 4.79 Å². The highest BCUT2D eigenvalue weighted by atomic mass is 35.5. The van der Waals surface area contributed by atoms with E-state index < -0.39 is 0 Å². The molecule has 1 saturated heterocycles. The minimum absolute atomic E-state index is 0.00430. The van der Waals surface area contributed by atoms with Crippen molar-refractivity contribution in [1.82, 2.24) is 4.90 Å². The van der Waals surface area contributed by atoms with Crippen molar-refractivity contribution >= 4 is 17.5 Å². The summed E-state index contributed by atoms with van der Waals surface area (Å²) in [7, 11) is 1.77. The lowest BCUT2D eigenvalue weighted by Crippen LogP contribution is -2.38. The number of hydrogen-bond acceptors (Lipinski definition) is 2. The molecule has 4 heteroatoms. The third kappa shape index (κ3) is 3.16.